The second-order valence-corrected chi connectivity index (χ2v) is 9.70. The van der Waals surface area contributed by atoms with E-state index in [2.05, 4.69) is 22.4 Å². The fourth-order valence-corrected chi connectivity index (χ4v) is 4.87. The van der Waals surface area contributed by atoms with Gasteiger partial charge < -0.3 is 15.0 Å². The Hall–Kier alpha value is -3.07. The first-order valence-electron chi connectivity index (χ1n) is 11.7. The van der Waals surface area contributed by atoms with Gasteiger partial charge in [0.1, 0.15) is 5.78 Å². The summed E-state index contributed by atoms with van der Waals surface area (Å²) in [7, 11) is 3.59. The van der Waals surface area contributed by atoms with Crippen molar-refractivity contribution in [3.05, 3.63) is 41.6 Å². The molecule has 9 heteroatoms. The third-order valence-corrected chi connectivity index (χ3v) is 7.01. The van der Waals surface area contributed by atoms with Crippen molar-refractivity contribution in [1.82, 2.24) is 20.2 Å². The highest BCUT2D eigenvalue weighted by atomic mass is 32.2. The van der Waals surface area contributed by atoms with Gasteiger partial charge in [0.2, 0.25) is 5.75 Å². The number of nitrogens with zero attached hydrogens (tertiary/aromatic N) is 4. The fourth-order valence-electron chi connectivity index (χ4n) is 4.12. The molecular formula is C25H32N6O2S. The average Bonchev–Trinajstić information content (AvgIpc) is 3.52. The minimum Gasteiger partial charge on any atom is -0.490 e. The van der Waals surface area contributed by atoms with Gasteiger partial charge in [-0.05, 0) is 56.1 Å². The maximum absolute atomic E-state index is 12.5. The highest BCUT2D eigenvalue weighted by Gasteiger charge is 2.23. The van der Waals surface area contributed by atoms with Gasteiger partial charge >= 0.3 is 0 Å². The number of ether oxygens (including phenoxy) is 1. The maximum Gasteiger partial charge on any atom is 0.204 e. The van der Waals surface area contributed by atoms with Crippen LogP contribution in [-0.2, 0) is 11.2 Å². The number of hydrogen-bond acceptors (Lipinski definition) is 8. The quantitative estimate of drug-likeness (QED) is 0.384. The number of carbonyl (C=O) groups is 1. The van der Waals surface area contributed by atoms with Crippen molar-refractivity contribution >= 4 is 35.0 Å². The molecule has 3 aromatic rings. The van der Waals surface area contributed by atoms with Crippen LogP contribution in [0.15, 0.2) is 40.4 Å². The van der Waals surface area contributed by atoms with E-state index in [0.717, 1.165) is 35.5 Å². The number of rotatable bonds is 10. The van der Waals surface area contributed by atoms with Crippen LogP contribution in [-0.4, -0.2) is 46.7 Å². The van der Waals surface area contributed by atoms with Crippen molar-refractivity contribution in [1.29, 1.82) is 0 Å². The minimum atomic E-state index is 0.250. The zero-order chi connectivity index (χ0) is 24.1. The number of anilines is 3. The number of H-pyrrole nitrogens is 1. The first-order valence-corrected chi connectivity index (χ1v) is 12.5. The molecular weight excluding hydrogens is 448 g/mol. The molecule has 0 atom stereocenters. The van der Waals surface area contributed by atoms with Crippen LogP contribution in [0.5, 0.6) is 5.75 Å². The van der Waals surface area contributed by atoms with E-state index in [1.807, 2.05) is 49.2 Å². The van der Waals surface area contributed by atoms with E-state index in [9.17, 15) is 4.79 Å². The van der Waals surface area contributed by atoms with Crippen LogP contribution in [0.3, 0.4) is 0 Å². The molecule has 4 rings (SSSR count). The van der Waals surface area contributed by atoms with Gasteiger partial charge in [0.25, 0.3) is 0 Å². The van der Waals surface area contributed by atoms with Crippen molar-refractivity contribution in [3.63, 3.8) is 0 Å². The van der Waals surface area contributed by atoms with E-state index in [0.29, 0.717) is 40.6 Å². The van der Waals surface area contributed by atoms with Gasteiger partial charge in [-0.25, -0.2) is 9.97 Å². The van der Waals surface area contributed by atoms with Crippen LogP contribution in [0.2, 0.25) is 0 Å². The lowest BCUT2D eigenvalue weighted by atomic mass is 9.97. The molecule has 0 bridgehead atoms. The molecule has 0 saturated heterocycles. The molecule has 0 unspecified atom stereocenters. The molecule has 1 fully saturated rings. The molecule has 0 radical (unpaired) electrons. The SMILES string of the molecule is CCN(C)c1nc(Sc2ccc(CC(=O)C3CCCC3)cc2)nc(Nc2cc(C)[nH]n2)c1OC. The molecule has 2 heterocycles. The minimum absolute atomic E-state index is 0.250. The Balaban J connectivity index is 1.55. The first kappa shape index (κ1) is 24.1. The molecule has 1 aliphatic carbocycles. The zero-order valence-corrected chi connectivity index (χ0v) is 21.0. The Morgan fingerprint density at radius 2 is 1.97 bits per heavy atom. The van der Waals surface area contributed by atoms with Crippen LogP contribution < -0.4 is 15.0 Å². The third-order valence-electron chi connectivity index (χ3n) is 6.14. The van der Waals surface area contributed by atoms with Crippen molar-refractivity contribution in [2.75, 3.05) is 30.9 Å². The van der Waals surface area contributed by atoms with Crippen LogP contribution in [0.25, 0.3) is 0 Å². The molecule has 0 amide bonds. The third kappa shape index (κ3) is 5.70. The Morgan fingerprint density at radius 3 is 2.59 bits per heavy atom. The van der Waals surface area contributed by atoms with E-state index in [1.165, 1.54) is 24.6 Å². The number of hydrogen-bond donors (Lipinski definition) is 2. The Morgan fingerprint density at radius 1 is 1.24 bits per heavy atom. The van der Waals surface area contributed by atoms with Crippen LogP contribution >= 0.6 is 11.8 Å². The number of aryl methyl sites for hydroxylation is 1. The molecule has 34 heavy (non-hydrogen) atoms. The van der Waals surface area contributed by atoms with Gasteiger partial charge in [-0.15, -0.1) is 0 Å². The Kier molecular flexibility index (Phi) is 7.72. The highest BCUT2D eigenvalue weighted by molar-refractivity contribution is 7.99. The topological polar surface area (TPSA) is 96.0 Å². The number of methoxy groups -OCH3 is 1. The van der Waals surface area contributed by atoms with Gasteiger partial charge in [0, 0.05) is 42.6 Å². The van der Waals surface area contributed by atoms with E-state index >= 15 is 0 Å². The van der Waals surface area contributed by atoms with Gasteiger partial charge in [-0.2, -0.15) is 5.10 Å². The van der Waals surface area contributed by atoms with Crippen molar-refractivity contribution in [3.8, 4) is 5.75 Å². The monoisotopic (exact) mass is 480 g/mol. The second kappa shape index (κ2) is 10.9. The van der Waals surface area contributed by atoms with Crippen LogP contribution in [0.1, 0.15) is 43.9 Å². The number of aromatic amines is 1. The molecule has 2 aromatic heterocycles. The number of ketones is 1. The number of nitrogens with one attached hydrogen (secondary N) is 2. The lowest BCUT2D eigenvalue weighted by Crippen LogP contribution is -2.19. The zero-order valence-electron chi connectivity index (χ0n) is 20.2. The number of aromatic nitrogens is 4. The number of carbonyl (C=O) groups excluding carboxylic acids is 1. The van der Waals surface area contributed by atoms with E-state index in [1.54, 1.807) is 7.11 Å². The largest absolute Gasteiger partial charge is 0.490 e. The van der Waals surface area contributed by atoms with Crippen LogP contribution in [0.4, 0.5) is 17.5 Å². The summed E-state index contributed by atoms with van der Waals surface area (Å²) in [4.78, 5) is 25.0. The summed E-state index contributed by atoms with van der Waals surface area (Å²) in [6.45, 7) is 4.77. The summed E-state index contributed by atoms with van der Waals surface area (Å²) in [5.74, 6) is 3.10. The molecule has 1 aliphatic rings. The van der Waals surface area contributed by atoms with Gasteiger partial charge in [-0.3, -0.25) is 9.89 Å². The molecule has 8 nitrogen and oxygen atoms in total. The fraction of sp³-hybridized carbons (Fsp3) is 0.440. The summed E-state index contributed by atoms with van der Waals surface area (Å²) in [6.07, 6.45) is 4.96. The predicted octanol–water partition coefficient (Wildman–Crippen LogP) is 5.17. The summed E-state index contributed by atoms with van der Waals surface area (Å²) in [6, 6.07) is 10.0. The molecule has 180 valence electrons. The maximum atomic E-state index is 12.5. The normalized spacial score (nSPS) is 13.8. The van der Waals surface area contributed by atoms with E-state index in [4.69, 9.17) is 14.7 Å². The average molecular weight is 481 g/mol. The summed E-state index contributed by atoms with van der Waals surface area (Å²) in [5.41, 5.74) is 2.00. The summed E-state index contributed by atoms with van der Waals surface area (Å²) >= 11 is 1.47. The molecule has 0 spiro atoms. The van der Waals surface area contributed by atoms with Crippen molar-refractivity contribution in [2.24, 2.45) is 5.92 Å². The first-order chi connectivity index (χ1) is 16.5. The van der Waals surface area contributed by atoms with Gasteiger partial charge in [0.05, 0.1) is 7.11 Å². The molecule has 0 aliphatic heterocycles. The summed E-state index contributed by atoms with van der Waals surface area (Å²) < 4.78 is 5.67. The standard InChI is InChI=1S/C25H32N6O2S/c1-5-31(3)24-22(33-4)23(26-21-14-16(2)29-30-21)27-25(28-24)34-19-12-10-17(11-13-19)15-20(32)18-8-6-7-9-18/h10-14,18H,5-9,15H2,1-4H3,(H2,26,27,28,29,30). The molecule has 2 N–H and O–H groups in total. The molecule has 1 saturated carbocycles. The lowest BCUT2D eigenvalue weighted by Gasteiger charge is -2.21. The number of Topliss-reactive ketones (excluding diaryl/α,β-unsaturated/α-hetero) is 1. The van der Waals surface area contributed by atoms with E-state index in [-0.39, 0.29) is 5.92 Å². The predicted molar refractivity (Wildman–Crippen MR) is 135 cm³/mol. The Bertz CT molecular complexity index is 1120. The van der Waals surface area contributed by atoms with Gasteiger partial charge in [0.15, 0.2) is 22.6 Å². The lowest BCUT2D eigenvalue weighted by molar-refractivity contribution is -0.122. The molecule has 1 aromatic carbocycles. The highest BCUT2D eigenvalue weighted by Crippen LogP contribution is 2.37. The van der Waals surface area contributed by atoms with Crippen molar-refractivity contribution in [2.45, 2.75) is 56.0 Å². The summed E-state index contributed by atoms with van der Waals surface area (Å²) in [5, 5.41) is 11.0. The van der Waals surface area contributed by atoms with E-state index < -0.39 is 0 Å². The van der Waals surface area contributed by atoms with Gasteiger partial charge in [-0.1, -0.05) is 25.0 Å². The smallest absolute Gasteiger partial charge is 0.204 e. The Labute approximate surface area is 204 Å². The number of benzene rings is 1. The van der Waals surface area contributed by atoms with Crippen LogP contribution in [0, 0.1) is 12.8 Å². The van der Waals surface area contributed by atoms with Crippen molar-refractivity contribution < 1.29 is 9.53 Å². The second-order valence-electron chi connectivity index (χ2n) is 8.66.